The molecular formula is C19H18N2O3. The molecule has 0 aromatic heterocycles. The minimum atomic E-state index is -0.779. The van der Waals surface area contributed by atoms with Gasteiger partial charge in [-0.05, 0) is 30.2 Å². The van der Waals surface area contributed by atoms with Gasteiger partial charge in [-0.2, -0.15) is 0 Å². The SMILES string of the molecule is O=C1c2ccccc2C(=O)N1C[C@@H](O)CN1CCc2ccccc21. The number of para-hydroxylation sites is 1. The number of fused-ring (bicyclic) bond motifs is 2. The predicted octanol–water partition coefficient (Wildman–Crippen LogP) is 1.71. The highest BCUT2D eigenvalue weighted by Gasteiger charge is 2.36. The Balaban J connectivity index is 1.45. The van der Waals surface area contributed by atoms with E-state index in [4.69, 9.17) is 0 Å². The molecule has 2 heterocycles. The van der Waals surface area contributed by atoms with Gasteiger partial charge in [-0.15, -0.1) is 0 Å². The number of anilines is 1. The third-order valence-electron chi connectivity index (χ3n) is 4.69. The summed E-state index contributed by atoms with van der Waals surface area (Å²) in [4.78, 5) is 28.0. The van der Waals surface area contributed by atoms with Gasteiger partial charge in [-0.3, -0.25) is 14.5 Å². The first kappa shape index (κ1) is 14.9. The van der Waals surface area contributed by atoms with Crippen molar-refractivity contribution in [1.82, 2.24) is 4.90 Å². The number of β-amino-alcohol motifs (C(OH)–C–C–N with tert-alkyl or cyclic N) is 1. The summed E-state index contributed by atoms with van der Waals surface area (Å²) in [5.41, 5.74) is 3.23. The average Bonchev–Trinajstić information content (AvgIpc) is 3.11. The highest BCUT2D eigenvalue weighted by molar-refractivity contribution is 6.21. The van der Waals surface area contributed by atoms with E-state index in [0.29, 0.717) is 17.7 Å². The maximum absolute atomic E-state index is 12.4. The Morgan fingerprint density at radius 3 is 2.25 bits per heavy atom. The van der Waals surface area contributed by atoms with Crippen LogP contribution in [-0.4, -0.2) is 47.6 Å². The van der Waals surface area contributed by atoms with Gasteiger partial charge in [0.2, 0.25) is 0 Å². The fourth-order valence-electron chi connectivity index (χ4n) is 3.52. The van der Waals surface area contributed by atoms with E-state index in [1.54, 1.807) is 24.3 Å². The van der Waals surface area contributed by atoms with Crippen molar-refractivity contribution in [1.29, 1.82) is 0 Å². The molecule has 2 aliphatic rings. The number of imide groups is 1. The Morgan fingerprint density at radius 1 is 0.917 bits per heavy atom. The summed E-state index contributed by atoms with van der Waals surface area (Å²) in [6.07, 6.45) is 0.175. The summed E-state index contributed by atoms with van der Waals surface area (Å²) in [5, 5.41) is 10.4. The van der Waals surface area contributed by atoms with Crippen LogP contribution in [0.25, 0.3) is 0 Å². The van der Waals surface area contributed by atoms with Crippen LogP contribution in [0.1, 0.15) is 26.3 Å². The van der Waals surface area contributed by atoms with Gasteiger partial charge in [-0.25, -0.2) is 0 Å². The maximum Gasteiger partial charge on any atom is 0.261 e. The smallest absolute Gasteiger partial charge is 0.261 e. The molecule has 5 nitrogen and oxygen atoms in total. The molecule has 24 heavy (non-hydrogen) atoms. The quantitative estimate of drug-likeness (QED) is 0.871. The van der Waals surface area contributed by atoms with Crippen LogP contribution in [0.3, 0.4) is 0 Å². The van der Waals surface area contributed by atoms with Crippen molar-refractivity contribution >= 4 is 17.5 Å². The molecule has 2 aromatic carbocycles. The Labute approximate surface area is 140 Å². The maximum atomic E-state index is 12.4. The lowest BCUT2D eigenvalue weighted by Crippen LogP contribution is -2.42. The van der Waals surface area contributed by atoms with E-state index >= 15 is 0 Å². The molecule has 4 rings (SSSR count). The summed E-state index contributed by atoms with van der Waals surface area (Å²) in [6.45, 7) is 1.27. The van der Waals surface area contributed by atoms with Crippen molar-refractivity contribution in [3.05, 3.63) is 65.2 Å². The second-order valence-corrected chi connectivity index (χ2v) is 6.25. The van der Waals surface area contributed by atoms with Crippen LogP contribution in [0.5, 0.6) is 0 Å². The number of hydrogen-bond acceptors (Lipinski definition) is 4. The highest BCUT2D eigenvalue weighted by Crippen LogP contribution is 2.28. The number of rotatable bonds is 4. The van der Waals surface area contributed by atoms with Gasteiger partial charge >= 0.3 is 0 Å². The van der Waals surface area contributed by atoms with Gasteiger partial charge in [0.1, 0.15) is 0 Å². The van der Waals surface area contributed by atoms with E-state index in [1.165, 1.54) is 5.56 Å². The number of benzene rings is 2. The molecular weight excluding hydrogens is 304 g/mol. The van der Waals surface area contributed by atoms with Gasteiger partial charge in [0, 0.05) is 18.8 Å². The molecule has 0 spiro atoms. The molecule has 0 fully saturated rings. The van der Waals surface area contributed by atoms with Crippen LogP contribution in [0.2, 0.25) is 0 Å². The van der Waals surface area contributed by atoms with Gasteiger partial charge < -0.3 is 10.0 Å². The third-order valence-corrected chi connectivity index (χ3v) is 4.69. The summed E-state index contributed by atoms with van der Waals surface area (Å²) in [7, 11) is 0. The van der Waals surface area contributed by atoms with Crippen LogP contribution in [0.4, 0.5) is 5.69 Å². The van der Waals surface area contributed by atoms with E-state index in [-0.39, 0.29) is 18.4 Å². The second kappa shape index (κ2) is 5.76. The molecule has 2 aliphatic heterocycles. The summed E-state index contributed by atoms with van der Waals surface area (Å²) in [5.74, 6) is -0.645. The van der Waals surface area contributed by atoms with Crippen LogP contribution in [0, 0.1) is 0 Å². The molecule has 122 valence electrons. The number of carbonyl (C=O) groups is 2. The molecule has 2 aromatic rings. The zero-order valence-corrected chi connectivity index (χ0v) is 13.2. The molecule has 2 amide bonds. The minimum absolute atomic E-state index is 0.0189. The van der Waals surface area contributed by atoms with E-state index in [1.807, 2.05) is 18.2 Å². The summed E-state index contributed by atoms with van der Waals surface area (Å²) in [6, 6.07) is 14.9. The number of hydrogen-bond donors (Lipinski definition) is 1. The monoisotopic (exact) mass is 322 g/mol. The number of carbonyl (C=O) groups excluding carboxylic acids is 2. The highest BCUT2D eigenvalue weighted by atomic mass is 16.3. The zero-order chi connectivity index (χ0) is 16.7. The van der Waals surface area contributed by atoms with E-state index in [2.05, 4.69) is 11.0 Å². The van der Waals surface area contributed by atoms with E-state index in [0.717, 1.165) is 23.6 Å². The Hall–Kier alpha value is -2.66. The summed E-state index contributed by atoms with van der Waals surface area (Å²) < 4.78 is 0. The molecule has 1 N–H and O–H groups in total. The second-order valence-electron chi connectivity index (χ2n) is 6.25. The lowest BCUT2D eigenvalue weighted by Gasteiger charge is -2.25. The first-order chi connectivity index (χ1) is 11.6. The fraction of sp³-hybridized carbons (Fsp3) is 0.263. The van der Waals surface area contributed by atoms with Gasteiger partial charge in [0.15, 0.2) is 0 Å². The Kier molecular flexibility index (Phi) is 3.58. The Bertz CT molecular complexity index is 783. The van der Waals surface area contributed by atoms with Gasteiger partial charge in [0.05, 0.1) is 23.8 Å². The first-order valence-electron chi connectivity index (χ1n) is 8.11. The van der Waals surface area contributed by atoms with Crippen molar-refractivity contribution in [3.63, 3.8) is 0 Å². The molecule has 0 radical (unpaired) electrons. The third kappa shape index (κ3) is 2.37. The van der Waals surface area contributed by atoms with Crippen molar-refractivity contribution in [2.75, 3.05) is 24.5 Å². The van der Waals surface area contributed by atoms with Gasteiger partial charge in [-0.1, -0.05) is 30.3 Å². The standard InChI is InChI=1S/C19H18N2O3/c22-14(11-20-10-9-13-5-1-4-8-17(13)20)12-21-18(23)15-6-2-3-7-16(15)19(21)24/h1-8,14,22H,9-12H2/t14-/m0/s1. The van der Waals surface area contributed by atoms with Crippen molar-refractivity contribution in [2.45, 2.75) is 12.5 Å². The van der Waals surface area contributed by atoms with E-state index < -0.39 is 6.10 Å². The number of amides is 2. The van der Waals surface area contributed by atoms with Crippen LogP contribution >= 0.6 is 0 Å². The minimum Gasteiger partial charge on any atom is -0.389 e. The predicted molar refractivity (Wildman–Crippen MR) is 90.2 cm³/mol. The largest absolute Gasteiger partial charge is 0.389 e. The van der Waals surface area contributed by atoms with E-state index in [9.17, 15) is 14.7 Å². The number of aliphatic hydroxyl groups is 1. The van der Waals surface area contributed by atoms with Gasteiger partial charge in [0.25, 0.3) is 11.8 Å². The summed E-state index contributed by atoms with van der Waals surface area (Å²) >= 11 is 0. The first-order valence-corrected chi connectivity index (χ1v) is 8.11. The number of aliphatic hydroxyl groups excluding tert-OH is 1. The Morgan fingerprint density at radius 2 is 1.54 bits per heavy atom. The van der Waals surface area contributed by atoms with Crippen LogP contribution in [-0.2, 0) is 6.42 Å². The van der Waals surface area contributed by atoms with Crippen LogP contribution < -0.4 is 4.90 Å². The number of nitrogens with zero attached hydrogens (tertiary/aromatic N) is 2. The lowest BCUT2D eigenvalue weighted by atomic mass is 10.1. The molecule has 0 saturated carbocycles. The fourth-order valence-corrected chi connectivity index (χ4v) is 3.52. The molecule has 0 aliphatic carbocycles. The lowest BCUT2D eigenvalue weighted by molar-refractivity contribution is 0.0551. The van der Waals surface area contributed by atoms with Crippen molar-refractivity contribution < 1.29 is 14.7 Å². The van der Waals surface area contributed by atoms with Crippen molar-refractivity contribution in [3.8, 4) is 0 Å². The molecule has 1 atom stereocenters. The molecule has 0 saturated heterocycles. The van der Waals surface area contributed by atoms with Crippen LogP contribution in [0.15, 0.2) is 48.5 Å². The average molecular weight is 322 g/mol. The zero-order valence-electron chi connectivity index (χ0n) is 13.2. The topological polar surface area (TPSA) is 60.9 Å². The molecule has 5 heteroatoms. The normalized spacial score (nSPS) is 17.2. The molecule has 0 bridgehead atoms. The van der Waals surface area contributed by atoms with Crippen molar-refractivity contribution in [2.24, 2.45) is 0 Å². The molecule has 0 unspecified atom stereocenters.